The van der Waals surface area contributed by atoms with Crippen LogP contribution in [0.1, 0.15) is 0 Å². The molecule has 210 valence electrons. The van der Waals surface area contributed by atoms with E-state index in [1.807, 2.05) is 6.07 Å². The van der Waals surface area contributed by atoms with Gasteiger partial charge in [0.05, 0.1) is 0 Å². The van der Waals surface area contributed by atoms with Gasteiger partial charge in [-0.3, -0.25) is 0 Å². The van der Waals surface area contributed by atoms with Crippen molar-refractivity contribution >= 4 is 105 Å². The first kappa shape index (κ1) is 25.0. The number of para-hydroxylation sites is 1. The van der Waals surface area contributed by atoms with Crippen LogP contribution in [0.15, 0.2) is 156 Å². The number of hydrogen-bond donors (Lipinski definition) is 0. The molecule has 0 unspecified atom stereocenters. The van der Waals surface area contributed by atoms with Crippen LogP contribution in [-0.4, -0.2) is 14.5 Å². The topological polar surface area (TPSA) is 16.4 Å². The summed E-state index contributed by atoms with van der Waals surface area (Å²) in [5.74, 6) is 0. The minimum atomic E-state index is 0.282. The molecule has 0 saturated carbocycles. The van der Waals surface area contributed by atoms with Crippen molar-refractivity contribution in [1.29, 1.82) is 0 Å². The molecule has 0 N–H and O–H groups in total. The number of rotatable bonds is 3. The van der Waals surface area contributed by atoms with Crippen molar-refractivity contribution in [2.24, 2.45) is 0 Å². The molecule has 2 heterocycles. The van der Waals surface area contributed by atoms with Gasteiger partial charge in [0.2, 0.25) is 0 Å². The molecule has 0 radical (unpaired) electrons. The van der Waals surface area contributed by atoms with E-state index in [4.69, 9.17) is 4.42 Å². The van der Waals surface area contributed by atoms with Gasteiger partial charge in [-0.25, -0.2) is 0 Å². The van der Waals surface area contributed by atoms with Gasteiger partial charge in [-0.2, -0.15) is 0 Å². The molecule has 10 rings (SSSR count). The van der Waals surface area contributed by atoms with Gasteiger partial charge < -0.3 is 0 Å². The van der Waals surface area contributed by atoms with Crippen molar-refractivity contribution in [3.63, 3.8) is 0 Å². The molecule has 0 saturated heterocycles. The normalized spacial score (nSPS) is 12.0. The third-order valence-corrected chi connectivity index (χ3v) is 11.6. The Bertz CT molecular complexity index is 2780. The van der Waals surface area contributed by atoms with Gasteiger partial charge in [0.1, 0.15) is 0 Å². The van der Waals surface area contributed by atoms with E-state index in [0.29, 0.717) is 0 Å². The molecule has 0 fully saturated rings. The summed E-state index contributed by atoms with van der Waals surface area (Å²) in [5.41, 5.74) is 5.36. The maximum absolute atomic E-state index is 6.24. The third-order valence-electron chi connectivity index (χ3n) is 9.20. The number of anilines is 3. The van der Waals surface area contributed by atoms with Crippen molar-refractivity contribution < 1.29 is 4.42 Å². The first-order valence-electron chi connectivity index (χ1n) is 15.3. The Labute approximate surface area is 265 Å². The quantitative estimate of drug-likeness (QED) is 0.141. The summed E-state index contributed by atoms with van der Waals surface area (Å²) in [6, 6.07) is 55.4. The van der Waals surface area contributed by atoms with Crippen molar-refractivity contribution in [2.75, 3.05) is 4.90 Å². The van der Waals surface area contributed by atoms with Crippen molar-refractivity contribution in [3.05, 3.63) is 152 Å². The molecule has 0 aliphatic carbocycles. The molecule has 0 atom stereocenters. The summed E-state index contributed by atoms with van der Waals surface area (Å²) in [6.07, 6.45) is 0. The Balaban J connectivity index is 1.25. The standard InChI is InChI=1S/C42H25NOSe/c1-2-10-31-26(8-1)9-7-13-38(31)43(30-20-21-34-33-12-4-6-15-41(33)45-42(34)24-30)29-19-18-27-16-17-28-22-40-37(25-36(28)35(27)23-29)32-11-3-5-14-39(32)44-40/h1-25H. The molecular formula is C42H25NOSe. The van der Waals surface area contributed by atoms with E-state index in [2.05, 4.69) is 150 Å². The number of hydrogen-bond acceptors (Lipinski definition) is 2. The van der Waals surface area contributed by atoms with Crippen molar-refractivity contribution in [2.45, 2.75) is 0 Å². The Morgan fingerprint density at radius 1 is 0.378 bits per heavy atom. The molecule has 45 heavy (non-hydrogen) atoms. The van der Waals surface area contributed by atoms with E-state index in [0.717, 1.165) is 27.6 Å². The zero-order valence-electron chi connectivity index (χ0n) is 24.2. The molecule has 0 spiro atoms. The van der Waals surface area contributed by atoms with E-state index < -0.39 is 0 Å². The molecule has 10 aromatic rings. The maximum atomic E-state index is 6.24. The Morgan fingerprint density at radius 2 is 1.04 bits per heavy atom. The van der Waals surface area contributed by atoms with Crippen LogP contribution in [0, 0.1) is 0 Å². The zero-order chi connectivity index (χ0) is 29.5. The van der Waals surface area contributed by atoms with Gasteiger partial charge in [0.15, 0.2) is 0 Å². The summed E-state index contributed by atoms with van der Waals surface area (Å²) >= 11 is 0.282. The second-order valence-corrected chi connectivity index (χ2v) is 14.0. The predicted octanol–water partition coefficient (Wildman–Crippen LogP) is 11.9. The third kappa shape index (κ3) is 3.82. The van der Waals surface area contributed by atoms with Crippen LogP contribution >= 0.6 is 0 Å². The summed E-state index contributed by atoms with van der Waals surface area (Å²) < 4.78 is 9.14. The van der Waals surface area contributed by atoms with Crippen LogP contribution in [0.2, 0.25) is 0 Å². The van der Waals surface area contributed by atoms with E-state index in [9.17, 15) is 0 Å². The van der Waals surface area contributed by atoms with Gasteiger partial charge in [-0.1, -0.05) is 12.1 Å². The van der Waals surface area contributed by atoms with Crippen LogP contribution in [0.5, 0.6) is 0 Å². The summed E-state index contributed by atoms with van der Waals surface area (Å²) in [6.45, 7) is 0. The average Bonchev–Trinajstić information content (AvgIpc) is 3.65. The second kappa shape index (κ2) is 9.58. The van der Waals surface area contributed by atoms with Gasteiger partial charge >= 0.3 is 248 Å². The first-order chi connectivity index (χ1) is 22.3. The van der Waals surface area contributed by atoms with Crippen LogP contribution in [0.4, 0.5) is 17.1 Å². The fourth-order valence-electron chi connectivity index (χ4n) is 7.08. The first-order valence-corrected chi connectivity index (χ1v) is 17.0. The minimum absolute atomic E-state index is 0.282. The van der Waals surface area contributed by atoms with Crippen LogP contribution < -0.4 is 4.90 Å². The fraction of sp³-hybridized carbons (Fsp3) is 0. The molecule has 3 heteroatoms. The van der Waals surface area contributed by atoms with E-state index in [1.54, 1.807) is 0 Å². The average molecular weight is 639 g/mol. The monoisotopic (exact) mass is 639 g/mol. The molecular weight excluding hydrogens is 613 g/mol. The Hall–Kier alpha value is -5.34. The van der Waals surface area contributed by atoms with E-state index in [1.165, 1.54) is 63.0 Å². The van der Waals surface area contributed by atoms with Crippen LogP contribution in [-0.2, 0) is 0 Å². The van der Waals surface area contributed by atoms with E-state index in [-0.39, 0.29) is 14.5 Å². The van der Waals surface area contributed by atoms with Gasteiger partial charge in [0.25, 0.3) is 0 Å². The van der Waals surface area contributed by atoms with Gasteiger partial charge in [0, 0.05) is 0 Å². The molecule has 0 amide bonds. The summed E-state index contributed by atoms with van der Waals surface area (Å²) in [5, 5.41) is 12.4. The second-order valence-electron chi connectivity index (χ2n) is 11.8. The molecule has 8 aromatic carbocycles. The van der Waals surface area contributed by atoms with Crippen LogP contribution in [0.25, 0.3) is 73.5 Å². The van der Waals surface area contributed by atoms with Gasteiger partial charge in [-0.05, 0) is 6.07 Å². The Morgan fingerprint density at radius 3 is 2.00 bits per heavy atom. The SMILES string of the molecule is c1ccc2c(N(c3ccc4c(c3)[se]c3ccccc34)c3ccc4ccc5cc6oc7ccccc7c6cc5c4c3)cccc2c1. The van der Waals surface area contributed by atoms with Crippen LogP contribution in [0.3, 0.4) is 0 Å². The molecule has 2 nitrogen and oxygen atoms in total. The molecule has 0 aliphatic rings. The number of nitrogens with zero attached hydrogens (tertiary/aromatic N) is 1. The Kier molecular flexibility index (Phi) is 5.33. The molecule has 2 aromatic heterocycles. The number of benzene rings is 8. The van der Waals surface area contributed by atoms with Crippen molar-refractivity contribution in [3.8, 4) is 0 Å². The van der Waals surface area contributed by atoms with Crippen molar-refractivity contribution in [1.82, 2.24) is 0 Å². The zero-order valence-corrected chi connectivity index (χ0v) is 25.9. The van der Waals surface area contributed by atoms with E-state index >= 15 is 0 Å². The fourth-order valence-corrected chi connectivity index (χ4v) is 9.47. The van der Waals surface area contributed by atoms with Gasteiger partial charge in [-0.15, -0.1) is 0 Å². The summed E-state index contributed by atoms with van der Waals surface area (Å²) in [7, 11) is 0. The molecule has 0 aliphatic heterocycles. The predicted molar refractivity (Wildman–Crippen MR) is 193 cm³/mol. The number of furan rings is 1. The molecule has 0 bridgehead atoms. The summed E-state index contributed by atoms with van der Waals surface area (Å²) in [4.78, 5) is 2.45. The number of fused-ring (bicyclic) bond motifs is 10.